The van der Waals surface area contributed by atoms with Gasteiger partial charge in [-0.2, -0.15) is 0 Å². The predicted octanol–water partition coefficient (Wildman–Crippen LogP) is 3.46. The molecule has 0 aromatic heterocycles. The highest BCUT2D eigenvalue weighted by atomic mass is 19.2. The molecule has 0 unspecified atom stereocenters. The number of rotatable bonds is 3. The Morgan fingerprint density at radius 3 is 2.06 bits per heavy atom. The summed E-state index contributed by atoms with van der Waals surface area (Å²) in [5, 5.41) is 2.43. The Hall–Kier alpha value is -1.26. The lowest BCUT2D eigenvalue weighted by Crippen LogP contribution is -2.22. The first-order chi connectivity index (χ1) is 7.59. The molecule has 1 N–H and O–H groups in total. The number of anilines is 1. The van der Waals surface area contributed by atoms with Crippen LogP contribution in [0.1, 0.15) is 19.3 Å². The highest BCUT2D eigenvalue weighted by Gasteiger charge is 2.22. The van der Waals surface area contributed by atoms with Gasteiger partial charge in [0.1, 0.15) is 5.69 Å². The summed E-state index contributed by atoms with van der Waals surface area (Å²) in [6.07, 6.45) is 3.05. The Kier molecular flexibility index (Phi) is 3.03. The summed E-state index contributed by atoms with van der Waals surface area (Å²) in [6, 6.07) is 0.208. The van der Waals surface area contributed by atoms with Crippen LogP contribution in [-0.2, 0) is 0 Å². The van der Waals surface area contributed by atoms with E-state index in [1.165, 1.54) is 0 Å². The summed E-state index contributed by atoms with van der Waals surface area (Å²) < 4.78 is 52.0. The van der Waals surface area contributed by atoms with Crippen molar-refractivity contribution in [1.29, 1.82) is 0 Å². The second-order valence-corrected chi connectivity index (χ2v) is 4.02. The smallest absolute Gasteiger partial charge is 0.185 e. The van der Waals surface area contributed by atoms with E-state index in [-0.39, 0.29) is 6.07 Å². The van der Waals surface area contributed by atoms with E-state index in [0.29, 0.717) is 12.5 Å². The van der Waals surface area contributed by atoms with Crippen LogP contribution in [0, 0.1) is 29.2 Å². The Labute approximate surface area is 90.5 Å². The van der Waals surface area contributed by atoms with Gasteiger partial charge in [-0.1, -0.05) is 6.42 Å². The molecule has 1 nitrogen and oxygen atoms in total. The quantitative estimate of drug-likeness (QED) is 0.622. The molecule has 1 aromatic rings. The van der Waals surface area contributed by atoms with Gasteiger partial charge in [0.25, 0.3) is 0 Å². The molecule has 0 spiro atoms. The fraction of sp³-hybridized carbons (Fsp3) is 0.455. The Bertz CT molecular complexity index is 375. The van der Waals surface area contributed by atoms with Crippen LogP contribution in [0.25, 0.3) is 0 Å². The Morgan fingerprint density at radius 2 is 1.62 bits per heavy atom. The van der Waals surface area contributed by atoms with E-state index < -0.39 is 29.0 Å². The third kappa shape index (κ3) is 1.99. The van der Waals surface area contributed by atoms with Gasteiger partial charge < -0.3 is 5.32 Å². The van der Waals surface area contributed by atoms with Gasteiger partial charge >= 0.3 is 0 Å². The average molecular weight is 233 g/mol. The standard InChI is InChI=1S/C11H11F4N/c12-7-4-8(13)10(15)11(9(7)14)16-5-6-2-1-3-6/h4,6,16H,1-3,5H2. The van der Waals surface area contributed by atoms with E-state index in [1.807, 2.05) is 0 Å². The van der Waals surface area contributed by atoms with E-state index in [2.05, 4.69) is 5.32 Å². The largest absolute Gasteiger partial charge is 0.380 e. The van der Waals surface area contributed by atoms with E-state index in [9.17, 15) is 17.6 Å². The molecule has 0 heterocycles. The number of benzene rings is 1. The van der Waals surface area contributed by atoms with Crippen molar-refractivity contribution in [3.8, 4) is 0 Å². The van der Waals surface area contributed by atoms with Crippen LogP contribution in [-0.4, -0.2) is 6.54 Å². The molecule has 1 aliphatic rings. The van der Waals surface area contributed by atoms with Crippen LogP contribution in [0.2, 0.25) is 0 Å². The summed E-state index contributed by atoms with van der Waals surface area (Å²) in [4.78, 5) is 0. The van der Waals surface area contributed by atoms with Crippen molar-refractivity contribution in [2.24, 2.45) is 5.92 Å². The lowest BCUT2D eigenvalue weighted by atomic mass is 9.85. The van der Waals surface area contributed by atoms with Crippen molar-refractivity contribution in [2.45, 2.75) is 19.3 Å². The molecule has 2 rings (SSSR count). The van der Waals surface area contributed by atoms with Crippen molar-refractivity contribution in [3.63, 3.8) is 0 Å². The molecule has 0 atom stereocenters. The third-order valence-electron chi connectivity index (χ3n) is 2.90. The second-order valence-electron chi connectivity index (χ2n) is 4.02. The van der Waals surface area contributed by atoms with Gasteiger partial charge in [0, 0.05) is 12.6 Å². The summed E-state index contributed by atoms with van der Waals surface area (Å²) in [7, 11) is 0. The molecule has 16 heavy (non-hydrogen) atoms. The molecule has 0 saturated heterocycles. The summed E-state index contributed by atoms with van der Waals surface area (Å²) in [6.45, 7) is 0.344. The van der Waals surface area contributed by atoms with Crippen molar-refractivity contribution >= 4 is 5.69 Å². The van der Waals surface area contributed by atoms with Gasteiger partial charge in [-0.3, -0.25) is 0 Å². The van der Waals surface area contributed by atoms with E-state index in [4.69, 9.17) is 0 Å². The van der Waals surface area contributed by atoms with Gasteiger partial charge in [0.15, 0.2) is 23.3 Å². The lowest BCUT2D eigenvalue weighted by molar-refractivity contribution is 0.332. The number of hydrogen-bond donors (Lipinski definition) is 1. The van der Waals surface area contributed by atoms with Crippen LogP contribution in [0.5, 0.6) is 0 Å². The third-order valence-corrected chi connectivity index (χ3v) is 2.90. The maximum Gasteiger partial charge on any atom is 0.185 e. The van der Waals surface area contributed by atoms with E-state index in [1.54, 1.807) is 0 Å². The molecule has 0 bridgehead atoms. The zero-order chi connectivity index (χ0) is 11.7. The first-order valence-electron chi connectivity index (χ1n) is 5.16. The Morgan fingerprint density at radius 1 is 1.06 bits per heavy atom. The minimum Gasteiger partial charge on any atom is -0.380 e. The molecular weight excluding hydrogens is 222 g/mol. The van der Waals surface area contributed by atoms with Crippen molar-refractivity contribution in [1.82, 2.24) is 0 Å². The molecule has 1 aliphatic carbocycles. The van der Waals surface area contributed by atoms with Crippen LogP contribution in [0.4, 0.5) is 23.2 Å². The molecular formula is C11H11F4N. The molecule has 5 heteroatoms. The lowest BCUT2D eigenvalue weighted by Gasteiger charge is -2.26. The highest BCUT2D eigenvalue weighted by molar-refractivity contribution is 5.47. The van der Waals surface area contributed by atoms with Crippen LogP contribution in [0.3, 0.4) is 0 Å². The fourth-order valence-corrected chi connectivity index (χ4v) is 1.67. The van der Waals surface area contributed by atoms with Gasteiger partial charge in [-0.25, -0.2) is 17.6 Å². The predicted molar refractivity (Wildman–Crippen MR) is 52.1 cm³/mol. The number of nitrogens with one attached hydrogen (secondary N) is 1. The van der Waals surface area contributed by atoms with Gasteiger partial charge in [-0.05, 0) is 18.8 Å². The van der Waals surface area contributed by atoms with Crippen LogP contribution < -0.4 is 5.32 Å². The van der Waals surface area contributed by atoms with E-state index >= 15 is 0 Å². The topological polar surface area (TPSA) is 12.0 Å². The van der Waals surface area contributed by atoms with Crippen LogP contribution >= 0.6 is 0 Å². The normalized spacial score (nSPS) is 16.0. The first kappa shape index (κ1) is 11.2. The zero-order valence-corrected chi connectivity index (χ0v) is 8.49. The minimum absolute atomic E-state index is 0.208. The summed E-state index contributed by atoms with van der Waals surface area (Å²) >= 11 is 0. The van der Waals surface area contributed by atoms with Gasteiger partial charge in [0.05, 0.1) is 0 Å². The van der Waals surface area contributed by atoms with Crippen molar-refractivity contribution in [3.05, 3.63) is 29.3 Å². The highest BCUT2D eigenvalue weighted by Crippen LogP contribution is 2.29. The van der Waals surface area contributed by atoms with E-state index in [0.717, 1.165) is 19.3 Å². The number of hydrogen-bond acceptors (Lipinski definition) is 1. The molecule has 0 aliphatic heterocycles. The van der Waals surface area contributed by atoms with Crippen molar-refractivity contribution < 1.29 is 17.6 Å². The fourth-order valence-electron chi connectivity index (χ4n) is 1.67. The van der Waals surface area contributed by atoms with Crippen molar-refractivity contribution in [2.75, 3.05) is 11.9 Å². The van der Waals surface area contributed by atoms with Gasteiger partial charge in [-0.15, -0.1) is 0 Å². The first-order valence-corrected chi connectivity index (χ1v) is 5.16. The zero-order valence-electron chi connectivity index (χ0n) is 8.49. The maximum absolute atomic E-state index is 13.2. The molecule has 0 radical (unpaired) electrons. The summed E-state index contributed by atoms with van der Waals surface area (Å²) in [5.41, 5.74) is -0.704. The molecule has 88 valence electrons. The average Bonchev–Trinajstić information content (AvgIpc) is 2.18. The van der Waals surface area contributed by atoms with Gasteiger partial charge in [0.2, 0.25) is 0 Å². The molecule has 1 fully saturated rings. The SMILES string of the molecule is Fc1cc(F)c(F)c(NCC2CCC2)c1F. The molecule has 1 saturated carbocycles. The second kappa shape index (κ2) is 4.31. The number of halogens is 4. The molecule has 0 amide bonds. The summed E-state index contributed by atoms with van der Waals surface area (Å²) in [5.74, 6) is -5.15. The Balaban J connectivity index is 2.17. The minimum atomic E-state index is -1.38. The maximum atomic E-state index is 13.2. The monoisotopic (exact) mass is 233 g/mol. The molecule has 1 aromatic carbocycles. The van der Waals surface area contributed by atoms with Crippen LogP contribution in [0.15, 0.2) is 6.07 Å².